The van der Waals surface area contributed by atoms with E-state index in [1.54, 1.807) is 10.9 Å². The molecule has 3 aromatic rings. The molecule has 4 rings (SSSR count). The van der Waals surface area contributed by atoms with Gasteiger partial charge in [-0.3, -0.25) is 14.5 Å². The average molecular weight is 340 g/mol. The van der Waals surface area contributed by atoms with Crippen LogP contribution in [-0.2, 0) is 23.2 Å². The van der Waals surface area contributed by atoms with Gasteiger partial charge in [0.25, 0.3) is 0 Å². The molecule has 1 aliphatic carbocycles. The molecule has 122 valence electrons. The van der Waals surface area contributed by atoms with E-state index in [-0.39, 0.29) is 24.4 Å². The summed E-state index contributed by atoms with van der Waals surface area (Å²) in [5, 5.41) is 6.89. The second-order valence-corrected chi connectivity index (χ2v) is 6.72. The summed E-state index contributed by atoms with van der Waals surface area (Å²) in [6.45, 7) is 0.207. The Morgan fingerprint density at radius 1 is 1.46 bits per heavy atom. The van der Waals surface area contributed by atoms with Gasteiger partial charge in [0.05, 0.1) is 23.5 Å². The van der Waals surface area contributed by atoms with Gasteiger partial charge in [-0.2, -0.15) is 5.10 Å². The molecule has 3 heterocycles. The van der Waals surface area contributed by atoms with Gasteiger partial charge in [0, 0.05) is 30.7 Å². The van der Waals surface area contributed by atoms with Gasteiger partial charge in [-0.15, -0.1) is 11.3 Å². The van der Waals surface area contributed by atoms with E-state index in [1.807, 2.05) is 43.0 Å². The van der Waals surface area contributed by atoms with Crippen molar-refractivity contribution in [3.05, 3.63) is 53.4 Å². The molecular formula is C17H16N4O2S. The summed E-state index contributed by atoms with van der Waals surface area (Å²) in [4.78, 5) is 20.9. The van der Waals surface area contributed by atoms with Crippen molar-refractivity contribution in [2.45, 2.75) is 18.9 Å². The standard InChI is InChI=1S/C17H16N4O2S/c1-21-8-11(7-19-21)13-6-14(13)17(22)23-9-12-10-24-16(20-12)15-4-2-3-5-18-15/h2-5,7-8,10,13-14H,6,9H2,1H3/t13-,14-/m1/s1. The summed E-state index contributed by atoms with van der Waals surface area (Å²) in [6, 6.07) is 5.71. The van der Waals surface area contributed by atoms with Crippen molar-refractivity contribution < 1.29 is 9.53 Å². The van der Waals surface area contributed by atoms with Gasteiger partial charge in [-0.1, -0.05) is 6.07 Å². The molecule has 0 aromatic carbocycles. The molecule has 1 aliphatic rings. The minimum Gasteiger partial charge on any atom is -0.459 e. The first-order valence-corrected chi connectivity index (χ1v) is 8.59. The Morgan fingerprint density at radius 2 is 2.38 bits per heavy atom. The Kier molecular flexibility index (Phi) is 3.86. The monoisotopic (exact) mass is 340 g/mol. The van der Waals surface area contributed by atoms with Crippen molar-refractivity contribution in [3.8, 4) is 10.7 Å². The van der Waals surface area contributed by atoms with Crippen LogP contribution in [0.5, 0.6) is 0 Å². The van der Waals surface area contributed by atoms with Gasteiger partial charge in [0.15, 0.2) is 0 Å². The van der Waals surface area contributed by atoms with Crippen LogP contribution in [0.2, 0.25) is 0 Å². The molecule has 1 fully saturated rings. The first-order valence-electron chi connectivity index (χ1n) is 7.71. The highest BCUT2D eigenvalue weighted by Gasteiger charge is 2.45. The van der Waals surface area contributed by atoms with Gasteiger partial charge >= 0.3 is 5.97 Å². The van der Waals surface area contributed by atoms with Crippen LogP contribution < -0.4 is 0 Å². The van der Waals surface area contributed by atoms with Crippen molar-refractivity contribution in [2.24, 2.45) is 13.0 Å². The van der Waals surface area contributed by atoms with Crippen LogP contribution in [0.15, 0.2) is 42.2 Å². The largest absolute Gasteiger partial charge is 0.459 e. The number of nitrogens with zero attached hydrogens (tertiary/aromatic N) is 4. The Labute approximate surface area is 143 Å². The first kappa shape index (κ1) is 15.0. The smallest absolute Gasteiger partial charge is 0.309 e. The lowest BCUT2D eigenvalue weighted by molar-refractivity contribution is -0.146. The van der Waals surface area contributed by atoms with Crippen LogP contribution in [0.4, 0.5) is 0 Å². The molecule has 6 nitrogen and oxygen atoms in total. The third-order valence-corrected chi connectivity index (χ3v) is 4.96. The average Bonchev–Trinajstić information content (AvgIpc) is 3.05. The van der Waals surface area contributed by atoms with Crippen molar-refractivity contribution in [1.82, 2.24) is 19.7 Å². The molecule has 0 radical (unpaired) electrons. The molecule has 0 amide bonds. The van der Waals surface area contributed by atoms with E-state index in [2.05, 4.69) is 15.1 Å². The number of hydrogen-bond acceptors (Lipinski definition) is 6. The molecule has 24 heavy (non-hydrogen) atoms. The summed E-state index contributed by atoms with van der Waals surface area (Å²) in [6.07, 6.45) is 6.35. The third kappa shape index (κ3) is 3.07. The molecule has 0 N–H and O–H groups in total. The van der Waals surface area contributed by atoms with E-state index in [4.69, 9.17) is 4.74 Å². The Balaban J connectivity index is 1.33. The number of aromatic nitrogens is 4. The van der Waals surface area contributed by atoms with Crippen LogP contribution in [0.25, 0.3) is 10.7 Å². The molecular weight excluding hydrogens is 324 g/mol. The Bertz CT molecular complexity index is 858. The fraction of sp³-hybridized carbons (Fsp3) is 0.294. The summed E-state index contributed by atoms with van der Waals surface area (Å²) >= 11 is 1.50. The molecule has 1 saturated carbocycles. The molecule has 3 aromatic heterocycles. The van der Waals surface area contributed by atoms with Crippen molar-refractivity contribution in [2.75, 3.05) is 0 Å². The second kappa shape index (κ2) is 6.16. The van der Waals surface area contributed by atoms with Crippen molar-refractivity contribution >= 4 is 17.3 Å². The van der Waals surface area contributed by atoms with Gasteiger partial charge in [0.1, 0.15) is 11.6 Å². The molecule has 7 heteroatoms. The van der Waals surface area contributed by atoms with Gasteiger partial charge in [0.2, 0.25) is 0 Å². The molecule has 0 aliphatic heterocycles. The number of pyridine rings is 1. The second-order valence-electron chi connectivity index (χ2n) is 5.86. The maximum atomic E-state index is 12.2. The fourth-order valence-electron chi connectivity index (χ4n) is 2.69. The molecule has 0 unspecified atom stereocenters. The zero-order valence-corrected chi connectivity index (χ0v) is 13.9. The van der Waals surface area contributed by atoms with E-state index in [9.17, 15) is 4.79 Å². The zero-order chi connectivity index (χ0) is 16.5. The lowest BCUT2D eigenvalue weighted by Crippen LogP contribution is -2.08. The molecule has 0 spiro atoms. The fourth-order valence-corrected chi connectivity index (χ4v) is 3.47. The normalized spacial score (nSPS) is 19.2. The summed E-state index contributed by atoms with van der Waals surface area (Å²) in [5.74, 6) is 0.0325. The topological polar surface area (TPSA) is 69.9 Å². The number of rotatable bonds is 5. The Hall–Kier alpha value is -2.54. The number of carbonyl (C=O) groups is 1. The van der Waals surface area contributed by atoms with Gasteiger partial charge in [-0.25, -0.2) is 4.98 Å². The summed E-state index contributed by atoms with van der Waals surface area (Å²) < 4.78 is 7.17. The highest BCUT2D eigenvalue weighted by Crippen LogP contribution is 2.48. The molecule has 2 atom stereocenters. The number of carbonyl (C=O) groups excluding carboxylic acids is 1. The lowest BCUT2D eigenvalue weighted by atomic mass is 10.2. The molecule has 0 saturated heterocycles. The quantitative estimate of drug-likeness (QED) is 0.668. The van der Waals surface area contributed by atoms with Crippen LogP contribution in [-0.4, -0.2) is 25.7 Å². The summed E-state index contributed by atoms with van der Waals surface area (Å²) in [7, 11) is 1.88. The predicted molar refractivity (Wildman–Crippen MR) is 89.2 cm³/mol. The van der Waals surface area contributed by atoms with Crippen LogP contribution >= 0.6 is 11.3 Å². The number of thiazole rings is 1. The maximum Gasteiger partial charge on any atom is 0.309 e. The van der Waals surface area contributed by atoms with E-state index in [0.29, 0.717) is 0 Å². The SMILES string of the molecule is Cn1cc([C@H]2C[C@H]2C(=O)OCc2csc(-c3ccccn3)n2)cn1. The van der Waals surface area contributed by atoms with E-state index in [1.165, 1.54) is 11.3 Å². The lowest BCUT2D eigenvalue weighted by Gasteiger charge is -2.01. The Morgan fingerprint density at radius 3 is 3.12 bits per heavy atom. The number of aryl methyl sites for hydroxylation is 1. The third-order valence-electron chi connectivity index (χ3n) is 4.04. The number of esters is 1. The minimum atomic E-state index is -0.156. The van der Waals surface area contributed by atoms with Crippen LogP contribution in [0.1, 0.15) is 23.6 Å². The van der Waals surface area contributed by atoms with E-state index >= 15 is 0 Å². The summed E-state index contributed by atoms with van der Waals surface area (Å²) in [5.41, 5.74) is 2.69. The first-order chi connectivity index (χ1) is 11.7. The number of hydrogen-bond donors (Lipinski definition) is 0. The highest BCUT2D eigenvalue weighted by atomic mass is 32.1. The number of ether oxygens (including phenoxy) is 1. The predicted octanol–water partition coefficient (Wildman–Crippen LogP) is 2.79. The van der Waals surface area contributed by atoms with Crippen LogP contribution in [0, 0.1) is 5.92 Å². The molecule has 0 bridgehead atoms. The van der Waals surface area contributed by atoms with E-state index < -0.39 is 0 Å². The van der Waals surface area contributed by atoms with Crippen molar-refractivity contribution in [1.29, 1.82) is 0 Å². The van der Waals surface area contributed by atoms with Gasteiger partial charge < -0.3 is 4.74 Å². The zero-order valence-electron chi connectivity index (χ0n) is 13.1. The minimum absolute atomic E-state index is 0.0527. The van der Waals surface area contributed by atoms with E-state index in [0.717, 1.165) is 28.4 Å². The van der Waals surface area contributed by atoms with Crippen LogP contribution in [0.3, 0.4) is 0 Å². The highest BCUT2D eigenvalue weighted by molar-refractivity contribution is 7.13. The van der Waals surface area contributed by atoms with Gasteiger partial charge in [-0.05, 0) is 24.1 Å². The van der Waals surface area contributed by atoms with Crippen molar-refractivity contribution in [3.63, 3.8) is 0 Å². The maximum absolute atomic E-state index is 12.2.